The molecule has 1 fully saturated rings. The predicted octanol–water partition coefficient (Wildman–Crippen LogP) is 3.80. The van der Waals surface area contributed by atoms with Gasteiger partial charge in [-0.2, -0.15) is 0 Å². The van der Waals surface area contributed by atoms with Crippen LogP contribution in [0.15, 0.2) is 36.4 Å². The Balaban J connectivity index is 1.72. The molecule has 2 aromatic rings. The molecule has 2 amide bonds. The van der Waals surface area contributed by atoms with Crippen LogP contribution in [-0.2, 0) is 10.4 Å². The van der Waals surface area contributed by atoms with Crippen molar-refractivity contribution in [3.63, 3.8) is 0 Å². The zero-order chi connectivity index (χ0) is 23.0. The van der Waals surface area contributed by atoms with Gasteiger partial charge in [-0.15, -0.1) is 0 Å². The fourth-order valence-corrected chi connectivity index (χ4v) is 5.47. The normalized spacial score (nSPS) is 21.8. The van der Waals surface area contributed by atoms with E-state index < -0.39 is 17.4 Å². The van der Waals surface area contributed by atoms with Crippen LogP contribution in [0, 0.1) is 5.92 Å². The monoisotopic (exact) mass is 475 g/mol. The van der Waals surface area contributed by atoms with Crippen LogP contribution in [-0.4, -0.2) is 48.0 Å². The Morgan fingerprint density at radius 2 is 1.88 bits per heavy atom. The van der Waals surface area contributed by atoms with Crippen LogP contribution >= 0.6 is 23.2 Å². The molecule has 32 heavy (non-hydrogen) atoms. The van der Waals surface area contributed by atoms with Gasteiger partial charge in [-0.3, -0.25) is 9.59 Å². The van der Waals surface area contributed by atoms with Gasteiger partial charge in [0, 0.05) is 28.3 Å². The summed E-state index contributed by atoms with van der Waals surface area (Å²) in [5.74, 6) is -0.685. The van der Waals surface area contributed by atoms with Gasteiger partial charge in [-0.25, -0.2) is 0 Å². The molecule has 0 aromatic heterocycles. The number of rotatable bonds is 6. The van der Waals surface area contributed by atoms with Crippen molar-refractivity contribution in [2.45, 2.75) is 31.8 Å². The number of nitrogens with zero attached hydrogens (tertiary/aromatic N) is 2. The van der Waals surface area contributed by atoms with E-state index in [0.717, 1.165) is 38.9 Å². The van der Waals surface area contributed by atoms with Crippen LogP contribution in [0.5, 0.6) is 0 Å². The molecule has 0 radical (unpaired) electrons. The van der Waals surface area contributed by atoms with E-state index in [-0.39, 0.29) is 26.7 Å². The number of hydrogen-bond donors (Lipinski definition) is 2. The molecule has 0 aliphatic carbocycles. The molecule has 8 heteroatoms. The number of primary amides is 1. The summed E-state index contributed by atoms with van der Waals surface area (Å²) in [4.78, 5) is 29.5. The van der Waals surface area contributed by atoms with Crippen LogP contribution in [0.3, 0.4) is 0 Å². The van der Waals surface area contributed by atoms with Crippen molar-refractivity contribution >= 4 is 40.7 Å². The van der Waals surface area contributed by atoms with E-state index in [1.165, 1.54) is 17.0 Å². The highest BCUT2D eigenvalue weighted by Crippen LogP contribution is 2.50. The highest BCUT2D eigenvalue weighted by atomic mass is 35.5. The van der Waals surface area contributed by atoms with Crippen molar-refractivity contribution in [2.75, 3.05) is 31.1 Å². The minimum Gasteiger partial charge on any atom is -0.372 e. The smallest absolute Gasteiger partial charge is 0.268 e. The summed E-state index contributed by atoms with van der Waals surface area (Å²) < 4.78 is 0. The molecule has 2 aliphatic rings. The molecule has 0 saturated carbocycles. The van der Waals surface area contributed by atoms with Crippen molar-refractivity contribution in [3.8, 4) is 0 Å². The van der Waals surface area contributed by atoms with Crippen molar-refractivity contribution in [1.29, 1.82) is 0 Å². The van der Waals surface area contributed by atoms with Gasteiger partial charge in [0.05, 0.1) is 10.7 Å². The molecular weight excluding hydrogens is 449 g/mol. The summed E-state index contributed by atoms with van der Waals surface area (Å²) in [6.45, 7) is 5.72. The number of carbonyl (C=O) groups excluding carboxylic acids is 2. The molecule has 2 heterocycles. The Bertz CT molecular complexity index is 1050. The Morgan fingerprint density at radius 3 is 2.50 bits per heavy atom. The fourth-order valence-electron chi connectivity index (χ4n) is 4.85. The molecule has 3 N–H and O–H groups in total. The maximum Gasteiger partial charge on any atom is 0.268 e. The Labute approximate surface area is 197 Å². The maximum atomic E-state index is 13.7. The third-order valence-corrected chi connectivity index (χ3v) is 7.37. The Kier molecular flexibility index (Phi) is 6.50. The first kappa shape index (κ1) is 23.1. The van der Waals surface area contributed by atoms with Crippen LogP contribution in [0.25, 0.3) is 0 Å². The third kappa shape index (κ3) is 3.90. The molecule has 1 atom stereocenters. The molecule has 170 valence electrons. The number of hydrogen-bond acceptors (Lipinski definition) is 4. The number of aliphatic hydroxyl groups is 1. The molecule has 0 spiro atoms. The topological polar surface area (TPSA) is 86.9 Å². The van der Waals surface area contributed by atoms with Gasteiger partial charge in [0.15, 0.2) is 5.60 Å². The number of benzene rings is 2. The summed E-state index contributed by atoms with van der Waals surface area (Å²) in [6.07, 6.45) is 2.93. The van der Waals surface area contributed by atoms with Crippen LogP contribution in [0.2, 0.25) is 10.0 Å². The summed E-state index contributed by atoms with van der Waals surface area (Å²) >= 11 is 12.9. The van der Waals surface area contributed by atoms with E-state index in [4.69, 9.17) is 28.9 Å². The predicted molar refractivity (Wildman–Crippen MR) is 126 cm³/mol. The molecule has 2 aromatic carbocycles. The third-order valence-electron chi connectivity index (χ3n) is 6.74. The quantitative estimate of drug-likeness (QED) is 0.664. The standard InChI is InChI=1S/C24H27Cl2N3O3/c1-2-28-10-7-15(8-11-28)9-12-29-20-14-16(22(27)30)13-19(26)21(20)24(32,23(29)31)17-5-3-4-6-18(17)25/h3-6,13-15,32H,2,7-12H2,1H3,(H2,27,30). The highest BCUT2D eigenvalue weighted by molar-refractivity contribution is 6.35. The number of likely N-dealkylation sites (tertiary alicyclic amines) is 1. The molecule has 0 bridgehead atoms. The lowest BCUT2D eigenvalue weighted by Crippen LogP contribution is -2.42. The average molecular weight is 476 g/mol. The summed E-state index contributed by atoms with van der Waals surface area (Å²) in [5, 5.41) is 12.1. The lowest BCUT2D eigenvalue weighted by atomic mass is 9.87. The number of carbonyl (C=O) groups is 2. The largest absolute Gasteiger partial charge is 0.372 e. The molecule has 1 saturated heterocycles. The first-order valence-electron chi connectivity index (χ1n) is 10.9. The van der Waals surface area contributed by atoms with Gasteiger partial charge >= 0.3 is 0 Å². The minimum absolute atomic E-state index is 0.103. The summed E-state index contributed by atoms with van der Waals surface area (Å²) in [5.41, 5.74) is 4.55. The maximum absolute atomic E-state index is 13.7. The van der Waals surface area contributed by atoms with Crippen LogP contribution in [0.1, 0.15) is 47.7 Å². The molecule has 4 rings (SSSR count). The van der Waals surface area contributed by atoms with E-state index in [1.807, 2.05) is 0 Å². The second-order valence-corrected chi connectivity index (χ2v) is 9.34. The van der Waals surface area contributed by atoms with Gasteiger partial charge in [0.2, 0.25) is 5.91 Å². The number of halogens is 2. The first-order valence-corrected chi connectivity index (χ1v) is 11.7. The zero-order valence-electron chi connectivity index (χ0n) is 18.0. The van der Waals surface area contributed by atoms with Crippen LogP contribution < -0.4 is 10.6 Å². The second-order valence-electron chi connectivity index (χ2n) is 8.53. The highest BCUT2D eigenvalue weighted by Gasteiger charge is 2.53. The first-order chi connectivity index (χ1) is 15.3. The average Bonchev–Trinajstić information content (AvgIpc) is 3.00. The zero-order valence-corrected chi connectivity index (χ0v) is 19.5. The van der Waals surface area contributed by atoms with Gasteiger partial charge in [0.1, 0.15) is 0 Å². The Hall–Kier alpha value is -2.12. The lowest BCUT2D eigenvalue weighted by Gasteiger charge is -2.32. The number of amides is 2. The minimum atomic E-state index is -2.04. The number of anilines is 1. The van der Waals surface area contributed by atoms with Crippen molar-refractivity contribution < 1.29 is 14.7 Å². The molecule has 6 nitrogen and oxygen atoms in total. The van der Waals surface area contributed by atoms with Gasteiger partial charge in [-0.1, -0.05) is 48.3 Å². The van der Waals surface area contributed by atoms with Crippen LogP contribution in [0.4, 0.5) is 5.69 Å². The van der Waals surface area contributed by atoms with E-state index in [9.17, 15) is 14.7 Å². The van der Waals surface area contributed by atoms with E-state index in [0.29, 0.717) is 18.2 Å². The fraction of sp³-hybridized carbons (Fsp3) is 0.417. The second kappa shape index (κ2) is 9.02. The number of piperidine rings is 1. The summed E-state index contributed by atoms with van der Waals surface area (Å²) in [6, 6.07) is 9.61. The van der Waals surface area contributed by atoms with Crippen molar-refractivity contribution in [2.24, 2.45) is 11.7 Å². The SMILES string of the molecule is CCN1CCC(CCN2C(=O)C(O)(c3ccccc3Cl)c3c(Cl)cc(C(N)=O)cc32)CC1. The molecular formula is C24H27Cl2N3O3. The summed E-state index contributed by atoms with van der Waals surface area (Å²) in [7, 11) is 0. The molecule has 1 unspecified atom stereocenters. The molecule has 2 aliphatic heterocycles. The van der Waals surface area contributed by atoms with Gasteiger partial charge < -0.3 is 20.6 Å². The number of fused-ring (bicyclic) bond motifs is 1. The Morgan fingerprint density at radius 1 is 1.19 bits per heavy atom. The van der Waals surface area contributed by atoms with Gasteiger partial charge in [0.25, 0.3) is 5.91 Å². The lowest BCUT2D eigenvalue weighted by molar-refractivity contribution is -0.132. The number of nitrogens with two attached hydrogens (primary N) is 1. The van der Waals surface area contributed by atoms with E-state index >= 15 is 0 Å². The van der Waals surface area contributed by atoms with Crippen molar-refractivity contribution in [1.82, 2.24) is 4.90 Å². The van der Waals surface area contributed by atoms with Crippen molar-refractivity contribution in [3.05, 3.63) is 63.1 Å². The van der Waals surface area contributed by atoms with E-state index in [1.54, 1.807) is 24.3 Å². The van der Waals surface area contributed by atoms with E-state index in [2.05, 4.69) is 11.8 Å². The van der Waals surface area contributed by atoms with Gasteiger partial charge in [-0.05, 0) is 63.0 Å².